The van der Waals surface area contributed by atoms with Crippen molar-refractivity contribution in [3.8, 4) is 0 Å². The monoisotopic (exact) mass is 305 g/mol. The number of likely N-dealkylation sites (tertiary alicyclic amines) is 1. The summed E-state index contributed by atoms with van der Waals surface area (Å²) in [7, 11) is 0. The minimum Gasteiger partial charge on any atom is -0.444 e. The number of hydrogen-bond acceptors (Lipinski definition) is 3. The Bertz CT molecular complexity index is 481. The van der Waals surface area contributed by atoms with Gasteiger partial charge in [-0.3, -0.25) is 0 Å². The maximum absolute atomic E-state index is 12.0. The molecule has 1 aliphatic rings. The first-order valence-corrected chi connectivity index (χ1v) is 8.05. The van der Waals surface area contributed by atoms with Crippen molar-refractivity contribution in [2.75, 3.05) is 13.1 Å². The summed E-state index contributed by atoms with van der Waals surface area (Å²) in [5.41, 5.74) is 0.802. The predicted octanol–water partition coefficient (Wildman–Crippen LogP) is 3.24. The van der Waals surface area contributed by atoms with Crippen LogP contribution < -0.4 is 0 Å². The van der Waals surface area contributed by atoms with E-state index in [1.165, 1.54) is 5.56 Å². The number of hydrogen-bond donors (Lipinski definition) is 1. The Labute approximate surface area is 133 Å². The molecule has 0 unspecified atom stereocenters. The van der Waals surface area contributed by atoms with Crippen molar-refractivity contribution in [2.24, 2.45) is 5.92 Å². The molecule has 2 atom stereocenters. The molecule has 1 aromatic carbocycles. The Balaban J connectivity index is 1.81. The number of carbonyl (C=O) groups excluding carboxylic acids is 1. The van der Waals surface area contributed by atoms with Crippen molar-refractivity contribution in [2.45, 2.75) is 51.7 Å². The van der Waals surface area contributed by atoms with Gasteiger partial charge in [0.2, 0.25) is 0 Å². The van der Waals surface area contributed by atoms with Crippen molar-refractivity contribution in [1.82, 2.24) is 4.90 Å². The molecule has 0 bridgehead atoms. The largest absolute Gasteiger partial charge is 0.444 e. The van der Waals surface area contributed by atoms with E-state index in [-0.39, 0.29) is 12.0 Å². The van der Waals surface area contributed by atoms with Crippen LogP contribution in [0.4, 0.5) is 4.79 Å². The predicted molar refractivity (Wildman–Crippen MR) is 86.7 cm³/mol. The van der Waals surface area contributed by atoms with Gasteiger partial charge in [-0.2, -0.15) is 0 Å². The second kappa shape index (κ2) is 7.14. The number of aryl methyl sites for hydroxylation is 1. The fraction of sp³-hybridized carbons (Fsp3) is 0.611. The van der Waals surface area contributed by atoms with Gasteiger partial charge in [0.25, 0.3) is 0 Å². The number of benzene rings is 1. The lowest BCUT2D eigenvalue weighted by molar-refractivity contribution is -0.0139. The normalized spacial score (nSPS) is 22.5. The van der Waals surface area contributed by atoms with Gasteiger partial charge in [0.05, 0.1) is 12.6 Å². The standard InChI is InChI=1S/C18H27NO3/c1-18(2,3)22-17(21)19-12-11-15(16(20)13-19)10-9-14-7-5-4-6-8-14/h4-8,15-16,20H,9-13H2,1-3H3/t15-,16+/m1/s1. The maximum Gasteiger partial charge on any atom is 0.410 e. The molecule has 0 aliphatic carbocycles. The number of aliphatic hydroxyl groups is 1. The molecule has 0 spiro atoms. The second-order valence-corrected chi connectivity index (χ2v) is 7.07. The zero-order chi connectivity index (χ0) is 16.2. The first-order valence-electron chi connectivity index (χ1n) is 8.05. The van der Waals surface area contributed by atoms with E-state index in [0.29, 0.717) is 13.1 Å². The van der Waals surface area contributed by atoms with Gasteiger partial charge in [0.15, 0.2) is 0 Å². The molecule has 1 saturated heterocycles. The van der Waals surface area contributed by atoms with Gasteiger partial charge in [-0.25, -0.2) is 4.79 Å². The third-order valence-electron chi connectivity index (χ3n) is 4.02. The Morgan fingerprint density at radius 2 is 2.00 bits per heavy atom. The highest BCUT2D eigenvalue weighted by Gasteiger charge is 2.32. The van der Waals surface area contributed by atoms with Crippen LogP contribution in [0.15, 0.2) is 30.3 Å². The number of carbonyl (C=O) groups is 1. The smallest absolute Gasteiger partial charge is 0.410 e. The van der Waals surface area contributed by atoms with Crippen LogP contribution in [0.5, 0.6) is 0 Å². The average molecular weight is 305 g/mol. The number of aliphatic hydroxyl groups excluding tert-OH is 1. The summed E-state index contributed by atoms with van der Waals surface area (Å²) in [6.45, 7) is 6.59. The SMILES string of the molecule is CC(C)(C)OC(=O)N1CC[C@@H](CCc2ccccc2)[C@@H](O)C1. The average Bonchev–Trinajstić information content (AvgIpc) is 2.45. The molecule has 1 N–H and O–H groups in total. The molecule has 22 heavy (non-hydrogen) atoms. The van der Waals surface area contributed by atoms with Gasteiger partial charge >= 0.3 is 6.09 Å². The molecule has 0 aromatic heterocycles. The second-order valence-electron chi connectivity index (χ2n) is 7.07. The number of β-amino-alcohol motifs (C(OH)–C–C–N with tert-alkyl or cyclic N) is 1. The van der Waals surface area contributed by atoms with Crippen LogP contribution in [-0.4, -0.2) is 40.9 Å². The Morgan fingerprint density at radius 1 is 1.32 bits per heavy atom. The molecule has 4 nitrogen and oxygen atoms in total. The minimum atomic E-state index is -0.494. The molecule has 0 radical (unpaired) electrons. The highest BCUT2D eigenvalue weighted by molar-refractivity contribution is 5.68. The van der Waals surface area contributed by atoms with E-state index in [1.54, 1.807) is 4.90 Å². The molecule has 1 amide bonds. The molecule has 2 rings (SSSR count). The van der Waals surface area contributed by atoms with Crippen LogP contribution in [-0.2, 0) is 11.2 Å². The Hall–Kier alpha value is -1.55. The van der Waals surface area contributed by atoms with Gasteiger partial charge in [0.1, 0.15) is 5.60 Å². The summed E-state index contributed by atoms with van der Waals surface area (Å²) in [5.74, 6) is 0.249. The minimum absolute atomic E-state index is 0.249. The fourth-order valence-electron chi connectivity index (χ4n) is 2.81. The van der Waals surface area contributed by atoms with Gasteiger partial charge in [0, 0.05) is 6.54 Å². The van der Waals surface area contributed by atoms with E-state index >= 15 is 0 Å². The highest BCUT2D eigenvalue weighted by atomic mass is 16.6. The lowest BCUT2D eigenvalue weighted by atomic mass is 9.88. The summed E-state index contributed by atoms with van der Waals surface area (Å²) in [6, 6.07) is 10.3. The summed E-state index contributed by atoms with van der Waals surface area (Å²) < 4.78 is 5.37. The molecule has 0 saturated carbocycles. The van der Waals surface area contributed by atoms with Crippen LogP contribution in [0.2, 0.25) is 0 Å². The van der Waals surface area contributed by atoms with Gasteiger partial charge in [-0.1, -0.05) is 30.3 Å². The third kappa shape index (κ3) is 5.02. The van der Waals surface area contributed by atoms with Gasteiger partial charge in [-0.05, 0) is 51.5 Å². The molecule has 1 aromatic rings. The lowest BCUT2D eigenvalue weighted by Crippen LogP contribution is -2.48. The number of nitrogens with zero attached hydrogens (tertiary/aromatic N) is 1. The highest BCUT2D eigenvalue weighted by Crippen LogP contribution is 2.24. The van der Waals surface area contributed by atoms with Crippen molar-refractivity contribution in [3.63, 3.8) is 0 Å². The summed E-state index contributed by atoms with van der Waals surface area (Å²) in [5, 5.41) is 10.3. The third-order valence-corrected chi connectivity index (χ3v) is 4.02. The van der Waals surface area contributed by atoms with Gasteiger partial charge in [-0.15, -0.1) is 0 Å². The van der Waals surface area contributed by atoms with E-state index < -0.39 is 11.7 Å². The van der Waals surface area contributed by atoms with E-state index in [4.69, 9.17) is 4.74 Å². The first kappa shape index (κ1) is 16.8. The number of rotatable bonds is 3. The lowest BCUT2D eigenvalue weighted by Gasteiger charge is -2.36. The summed E-state index contributed by atoms with van der Waals surface area (Å²) >= 11 is 0. The van der Waals surface area contributed by atoms with Gasteiger partial charge < -0.3 is 14.7 Å². The molecule has 1 aliphatic heterocycles. The van der Waals surface area contributed by atoms with Crippen molar-refractivity contribution in [3.05, 3.63) is 35.9 Å². The molecule has 4 heteroatoms. The quantitative estimate of drug-likeness (QED) is 0.932. The fourth-order valence-corrected chi connectivity index (χ4v) is 2.81. The maximum atomic E-state index is 12.0. The molecule has 1 fully saturated rings. The number of piperidine rings is 1. The summed E-state index contributed by atoms with van der Waals surface area (Å²) in [6.07, 6.45) is 1.95. The van der Waals surface area contributed by atoms with E-state index in [0.717, 1.165) is 19.3 Å². The summed E-state index contributed by atoms with van der Waals surface area (Å²) in [4.78, 5) is 13.7. The zero-order valence-electron chi connectivity index (χ0n) is 13.8. The van der Waals surface area contributed by atoms with Crippen molar-refractivity contribution < 1.29 is 14.6 Å². The van der Waals surface area contributed by atoms with Crippen LogP contribution in [0.25, 0.3) is 0 Å². The number of amides is 1. The van der Waals surface area contributed by atoms with Crippen LogP contribution in [0, 0.1) is 5.92 Å². The topological polar surface area (TPSA) is 49.8 Å². The zero-order valence-corrected chi connectivity index (χ0v) is 13.8. The van der Waals surface area contributed by atoms with Crippen LogP contribution in [0.1, 0.15) is 39.2 Å². The number of ether oxygens (including phenoxy) is 1. The molecular formula is C18H27NO3. The van der Waals surface area contributed by atoms with Crippen LogP contribution >= 0.6 is 0 Å². The first-order chi connectivity index (χ1) is 10.3. The Kier molecular flexibility index (Phi) is 5.46. The van der Waals surface area contributed by atoms with E-state index in [2.05, 4.69) is 12.1 Å². The molecule has 122 valence electrons. The molecule has 1 heterocycles. The van der Waals surface area contributed by atoms with E-state index in [9.17, 15) is 9.90 Å². The van der Waals surface area contributed by atoms with Crippen molar-refractivity contribution in [1.29, 1.82) is 0 Å². The molecular weight excluding hydrogens is 278 g/mol. The van der Waals surface area contributed by atoms with Crippen LogP contribution in [0.3, 0.4) is 0 Å². The van der Waals surface area contributed by atoms with Crippen molar-refractivity contribution >= 4 is 6.09 Å². The van der Waals surface area contributed by atoms with E-state index in [1.807, 2.05) is 39.0 Å². The Morgan fingerprint density at radius 3 is 2.59 bits per heavy atom.